The average molecular weight is 356 g/mol. The van der Waals surface area contributed by atoms with Crippen LogP contribution >= 0.6 is 11.3 Å². The van der Waals surface area contributed by atoms with E-state index in [1.807, 2.05) is 33.0 Å². The van der Waals surface area contributed by atoms with Crippen LogP contribution in [0.15, 0.2) is 18.3 Å². The molecule has 0 saturated carbocycles. The van der Waals surface area contributed by atoms with Crippen LogP contribution in [-0.2, 0) is 0 Å². The lowest BCUT2D eigenvalue weighted by molar-refractivity contribution is 0.0746. The minimum Gasteiger partial charge on any atom is -0.334 e. The summed E-state index contributed by atoms with van der Waals surface area (Å²) in [7, 11) is 1.85. The number of aromatic amines is 1. The van der Waals surface area contributed by atoms with Gasteiger partial charge in [-0.15, -0.1) is 11.3 Å². The van der Waals surface area contributed by atoms with Gasteiger partial charge in [-0.05, 0) is 38.5 Å². The predicted octanol–water partition coefficient (Wildman–Crippen LogP) is 4.59. The zero-order chi connectivity index (χ0) is 18.3. The number of carbonyl (C=O) groups excluding carboxylic acids is 1. The molecule has 5 nitrogen and oxygen atoms in total. The van der Waals surface area contributed by atoms with E-state index in [4.69, 9.17) is 0 Å². The molecule has 1 amide bonds. The third-order valence-corrected chi connectivity index (χ3v) is 6.18. The van der Waals surface area contributed by atoms with Crippen molar-refractivity contribution in [1.29, 1.82) is 0 Å². The normalized spacial score (nSPS) is 12.8. The van der Waals surface area contributed by atoms with Gasteiger partial charge in [0.1, 0.15) is 0 Å². The van der Waals surface area contributed by atoms with Crippen molar-refractivity contribution >= 4 is 28.1 Å². The maximum absolute atomic E-state index is 13.1. The van der Waals surface area contributed by atoms with Gasteiger partial charge >= 0.3 is 0 Å². The van der Waals surface area contributed by atoms with Gasteiger partial charge in [-0.1, -0.05) is 13.8 Å². The molecule has 3 rings (SSSR count). The summed E-state index contributed by atoms with van der Waals surface area (Å²) < 4.78 is 0. The Kier molecular flexibility index (Phi) is 4.64. The molecule has 0 aliphatic heterocycles. The SMILES string of the molecule is Cc1cc(C(=O)N(C)C(C)c2sc(C(C)C)nc2C)c2[nH]ncc2c1. The highest BCUT2D eigenvalue weighted by Gasteiger charge is 2.25. The first-order valence-corrected chi connectivity index (χ1v) is 9.29. The Morgan fingerprint density at radius 3 is 2.60 bits per heavy atom. The van der Waals surface area contributed by atoms with Crippen molar-refractivity contribution in [2.24, 2.45) is 0 Å². The highest BCUT2D eigenvalue weighted by Crippen LogP contribution is 2.33. The van der Waals surface area contributed by atoms with Crippen molar-refractivity contribution in [1.82, 2.24) is 20.1 Å². The number of amides is 1. The quantitative estimate of drug-likeness (QED) is 0.743. The molecule has 6 heteroatoms. The monoisotopic (exact) mass is 356 g/mol. The maximum Gasteiger partial charge on any atom is 0.256 e. The lowest BCUT2D eigenvalue weighted by atomic mass is 10.1. The number of H-pyrrole nitrogens is 1. The van der Waals surface area contributed by atoms with Crippen LogP contribution in [0.4, 0.5) is 0 Å². The second-order valence-corrected chi connectivity index (χ2v) is 7.96. The van der Waals surface area contributed by atoms with Gasteiger partial charge in [0.15, 0.2) is 0 Å². The molecule has 0 saturated heterocycles. The van der Waals surface area contributed by atoms with Crippen LogP contribution in [0.1, 0.15) is 64.2 Å². The molecule has 0 fully saturated rings. The summed E-state index contributed by atoms with van der Waals surface area (Å²) >= 11 is 1.70. The number of carbonyl (C=O) groups is 1. The Hall–Kier alpha value is -2.21. The summed E-state index contributed by atoms with van der Waals surface area (Å²) in [5.74, 6) is 0.386. The maximum atomic E-state index is 13.1. The Balaban J connectivity index is 1.95. The Labute approximate surface area is 152 Å². The molecule has 0 aliphatic carbocycles. The fraction of sp³-hybridized carbons (Fsp3) is 0.421. The molecular formula is C19H24N4OS. The predicted molar refractivity (Wildman–Crippen MR) is 102 cm³/mol. The summed E-state index contributed by atoms with van der Waals surface area (Å²) in [4.78, 5) is 20.7. The van der Waals surface area contributed by atoms with Crippen LogP contribution in [0.25, 0.3) is 10.9 Å². The van der Waals surface area contributed by atoms with Gasteiger partial charge in [-0.25, -0.2) is 4.98 Å². The fourth-order valence-corrected chi connectivity index (χ4v) is 4.15. The first-order chi connectivity index (χ1) is 11.8. The standard InChI is InChI=1S/C19H24N4OS/c1-10(2)18-21-12(4)17(25-18)13(5)23(6)19(24)15-8-11(3)7-14-9-20-22-16(14)15/h7-10,13H,1-6H3,(H,20,22). The number of hydrogen-bond acceptors (Lipinski definition) is 4. The molecule has 1 unspecified atom stereocenters. The molecule has 3 aromatic rings. The summed E-state index contributed by atoms with van der Waals surface area (Å²) in [6, 6.07) is 3.92. The first kappa shape index (κ1) is 17.6. The van der Waals surface area contributed by atoms with Gasteiger partial charge in [-0.3, -0.25) is 9.89 Å². The largest absolute Gasteiger partial charge is 0.334 e. The molecule has 0 spiro atoms. The van der Waals surface area contributed by atoms with Crippen molar-refractivity contribution in [3.63, 3.8) is 0 Å². The Morgan fingerprint density at radius 1 is 1.24 bits per heavy atom. The highest BCUT2D eigenvalue weighted by atomic mass is 32.1. The molecule has 1 N–H and O–H groups in total. The number of thiazole rings is 1. The van der Waals surface area contributed by atoms with E-state index in [1.165, 1.54) is 0 Å². The number of benzene rings is 1. The minimum atomic E-state index is -0.0315. The van der Waals surface area contributed by atoms with Crippen LogP contribution in [0.5, 0.6) is 0 Å². The Morgan fingerprint density at radius 2 is 1.96 bits per heavy atom. The van der Waals surface area contributed by atoms with E-state index in [0.29, 0.717) is 11.5 Å². The topological polar surface area (TPSA) is 61.9 Å². The second kappa shape index (κ2) is 6.59. The van der Waals surface area contributed by atoms with Crippen molar-refractivity contribution in [3.05, 3.63) is 45.0 Å². The molecule has 0 bridgehead atoms. The van der Waals surface area contributed by atoms with E-state index in [2.05, 4.69) is 36.0 Å². The summed E-state index contributed by atoms with van der Waals surface area (Å²) in [5, 5.41) is 9.11. The zero-order valence-electron chi connectivity index (χ0n) is 15.5. The molecule has 2 heterocycles. The molecule has 132 valence electrons. The van der Waals surface area contributed by atoms with Crippen molar-refractivity contribution < 1.29 is 4.79 Å². The highest BCUT2D eigenvalue weighted by molar-refractivity contribution is 7.11. The number of hydrogen-bond donors (Lipinski definition) is 1. The minimum absolute atomic E-state index is 0.00986. The first-order valence-electron chi connectivity index (χ1n) is 8.47. The van der Waals surface area contributed by atoms with Gasteiger partial charge in [0.25, 0.3) is 5.91 Å². The molecule has 25 heavy (non-hydrogen) atoms. The van der Waals surface area contributed by atoms with E-state index in [9.17, 15) is 4.79 Å². The van der Waals surface area contributed by atoms with E-state index in [-0.39, 0.29) is 11.9 Å². The summed E-state index contributed by atoms with van der Waals surface area (Å²) in [6.07, 6.45) is 1.75. The number of fused-ring (bicyclic) bond motifs is 1. The number of nitrogens with one attached hydrogen (secondary N) is 1. The van der Waals surface area contributed by atoms with Gasteiger partial charge in [0, 0.05) is 23.2 Å². The second-order valence-electron chi connectivity index (χ2n) is 6.90. The molecule has 2 aromatic heterocycles. The van der Waals surface area contributed by atoms with E-state index in [0.717, 1.165) is 32.0 Å². The third kappa shape index (κ3) is 3.18. The number of aromatic nitrogens is 3. The molecule has 1 atom stereocenters. The van der Waals surface area contributed by atoms with Gasteiger partial charge in [-0.2, -0.15) is 5.10 Å². The molecule has 1 aromatic carbocycles. The van der Waals surface area contributed by atoms with Crippen LogP contribution in [0.2, 0.25) is 0 Å². The van der Waals surface area contributed by atoms with Crippen LogP contribution in [0.3, 0.4) is 0 Å². The van der Waals surface area contributed by atoms with Gasteiger partial charge in [0.05, 0.1) is 34.0 Å². The van der Waals surface area contributed by atoms with E-state index >= 15 is 0 Å². The van der Waals surface area contributed by atoms with Crippen molar-refractivity contribution in [3.8, 4) is 0 Å². The van der Waals surface area contributed by atoms with Crippen LogP contribution in [0, 0.1) is 13.8 Å². The van der Waals surface area contributed by atoms with Crippen LogP contribution < -0.4 is 0 Å². The third-order valence-electron chi connectivity index (χ3n) is 4.55. The van der Waals surface area contributed by atoms with Crippen LogP contribution in [-0.4, -0.2) is 33.0 Å². The van der Waals surface area contributed by atoms with E-state index < -0.39 is 0 Å². The number of rotatable bonds is 4. The molecular weight excluding hydrogens is 332 g/mol. The van der Waals surface area contributed by atoms with Crippen molar-refractivity contribution in [2.45, 2.75) is 46.6 Å². The number of nitrogens with zero attached hydrogens (tertiary/aromatic N) is 3. The van der Waals surface area contributed by atoms with Gasteiger partial charge in [0.2, 0.25) is 0 Å². The summed E-state index contributed by atoms with van der Waals surface area (Å²) in [6.45, 7) is 10.4. The lowest BCUT2D eigenvalue weighted by Gasteiger charge is -2.25. The van der Waals surface area contributed by atoms with E-state index in [1.54, 1.807) is 22.4 Å². The molecule has 0 radical (unpaired) electrons. The lowest BCUT2D eigenvalue weighted by Crippen LogP contribution is -2.29. The smallest absolute Gasteiger partial charge is 0.256 e. The average Bonchev–Trinajstić information content (AvgIpc) is 3.18. The van der Waals surface area contributed by atoms with Crippen molar-refractivity contribution in [2.75, 3.05) is 7.05 Å². The zero-order valence-corrected chi connectivity index (χ0v) is 16.4. The summed E-state index contributed by atoms with van der Waals surface area (Å²) in [5.41, 5.74) is 3.51. The number of aryl methyl sites for hydroxylation is 2. The Bertz CT molecular complexity index is 925. The fourth-order valence-electron chi connectivity index (χ4n) is 2.98. The molecule has 0 aliphatic rings. The van der Waals surface area contributed by atoms with Gasteiger partial charge < -0.3 is 4.90 Å².